The lowest BCUT2D eigenvalue weighted by molar-refractivity contribution is 0.662. The molecule has 0 unspecified atom stereocenters. The van der Waals surface area contributed by atoms with Gasteiger partial charge in [0.1, 0.15) is 17.7 Å². The van der Waals surface area contributed by atoms with Crippen LogP contribution in [0.15, 0.2) is 115 Å². The number of rotatable bonds is 4. The minimum absolute atomic E-state index is 0.125. The van der Waals surface area contributed by atoms with E-state index in [-0.39, 0.29) is 11.0 Å². The molecule has 3 nitrogen and oxygen atoms in total. The summed E-state index contributed by atoms with van der Waals surface area (Å²) in [5.74, 6) is 0. The van der Waals surface area contributed by atoms with Crippen LogP contribution in [0.2, 0.25) is 0 Å². The van der Waals surface area contributed by atoms with Crippen molar-refractivity contribution in [2.45, 2.75) is 19.3 Å². The first-order chi connectivity index (χ1) is 20.0. The zero-order chi connectivity index (χ0) is 28.1. The lowest BCUT2D eigenvalue weighted by Crippen LogP contribution is -2.16. The summed E-state index contributed by atoms with van der Waals surface area (Å²) in [6, 6.07) is 43.1. The topological polar surface area (TPSA) is 50.8 Å². The molecule has 1 aliphatic carbocycles. The van der Waals surface area contributed by atoms with E-state index in [1.807, 2.05) is 12.1 Å². The zero-order valence-corrected chi connectivity index (χ0v) is 23.5. The summed E-state index contributed by atoms with van der Waals surface area (Å²) in [4.78, 5) is 4.49. The summed E-state index contributed by atoms with van der Waals surface area (Å²) in [6.45, 7) is 4.51. The molecule has 0 aliphatic heterocycles. The van der Waals surface area contributed by atoms with Crippen LogP contribution < -0.4 is 4.90 Å². The summed E-state index contributed by atoms with van der Waals surface area (Å²) < 4.78 is 0. The number of thiophene rings is 1. The van der Waals surface area contributed by atoms with Gasteiger partial charge in [-0.3, -0.25) is 0 Å². The number of fused-ring (bicyclic) bond motifs is 5. The fourth-order valence-electron chi connectivity index (χ4n) is 5.99. The molecule has 0 saturated carbocycles. The van der Waals surface area contributed by atoms with Gasteiger partial charge in [0, 0.05) is 32.2 Å². The summed E-state index contributed by atoms with van der Waals surface area (Å²) in [5.41, 5.74) is 6.95. The van der Waals surface area contributed by atoms with Crippen molar-refractivity contribution >= 4 is 56.0 Å². The molecule has 1 heterocycles. The molecule has 1 aromatic heterocycles. The molecule has 41 heavy (non-hydrogen) atoms. The minimum atomic E-state index is -0.221. The molecule has 0 spiro atoms. The van der Waals surface area contributed by atoms with Crippen LogP contribution in [-0.2, 0) is 5.41 Å². The van der Waals surface area contributed by atoms with Crippen LogP contribution in [0, 0.1) is 22.7 Å². The number of nitrogens with zero attached hydrogens (tertiary/aromatic N) is 3. The second-order valence-electron chi connectivity index (χ2n) is 10.9. The number of hydrogen-bond acceptors (Lipinski definition) is 4. The van der Waals surface area contributed by atoms with Crippen LogP contribution >= 0.6 is 11.3 Å². The van der Waals surface area contributed by atoms with Gasteiger partial charge in [0.25, 0.3) is 0 Å². The average Bonchev–Trinajstić information content (AvgIpc) is 3.52. The van der Waals surface area contributed by atoms with E-state index >= 15 is 0 Å². The second kappa shape index (κ2) is 9.49. The van der Waals surface area contributed by atoms with Crippen molar-refractivity contribution < 1.29 is 0 Å². The van der Waals surface area contributed by atoms with Crippen LogP contribution in [0.25, 0.3) is 38.1 Å². The molecule has 7 rings (SSSR count). The van der Waals surface area contributed by atoms with Crippen molar-refractivity contribution in [3.63, 3.8) is 0 Å². The standard InChI is InChI=1S/C37H25N3S/c1-37(2)34-20-31(15-16-33(34)36-35(37)21-32(41-36)17-24(22-38)23-39)40(29-13-11-25-7-3-5-9-27(25)18-29)30-14-12-26-8-4-6-10-28(26)19-30/h3-21H,1-2H3. The zero-order valence-electron chi connectivity index (χ0n) is 22.7. The smallest absolute Gasteiger partial charge is 0.131 e. The highest BCUT2D eigenvalue weighted by molar-refractivity contribution is 7.16. The van der Waals surface area contributed by atoms with Crippen molar-refractivity contribution in [2.75, 3.05) is 4.90 Å². The SMILES string of the molecule is CC1(C)c2cc(N(c3ccc4ccccc4c3)c3ccc4ccccc4c3)ccc2-c2sc(C=C(C#N)C#N)cc21. The van der Waals surface area contributed by atoms with Gasteiger partial charge in [-0.05, 0) is 86.8 Å². The maximum Gasteiger partial charge on any atom is 0.131 e. The van der Waals surface area contributed by atoms with Crippen molar-refractivity contribution in [2.24, 2.45) is 0 Å². The van der Waals surface area contributed by atoms with E-state index in [4.69, 9.17) is 0 Å². The van der Waals surface area contributed by atoms with Crippen LogP contribution in [0.1, 0.15) is 29.9 Å². The Morgan fingerprint density at radius 1 is 0.659 bits per heavy atom. The maximum absolute atomic E-state index is 9.24. The Morgan fingerprint density at radius 2 is 1.20 bits per heavy atom. The normalized spacial score (nSPS) is 12.8. The largest absolute Gasteiger partial charge is 0.310 e. The van der Waals surface area contributed by atoms with Crippen LogP contribution in [0.5, 0.6) is 0 Å². The quantitative estimate of drug-likeness (QED) is 0.208. The van der Waals surface area contributed by atoms with Crippen LogP contribution in [0.4, 0.5) is 17.1 Å². The van der Waals surface area contributed by atoms with E-state index in [0.29, 0.717) is 0 Å². The highest BCUT2D eigenvalue weighted by atomic mass is 32.1. The van der Waals surface area contributed by atoms with Crippen LogP contribution in [-0.4, -0.2) is 0 Å². The first-order valence-electron chi connectivity index (χ1n) is 13.5. The van der Waals surface area contributed by atoms with Gasteiger partial charge in [-0.1, -0.05) is 80.6 Å². The number of allylic oxidation sites excluding steroid dienone is 1. The molecule has 194 valence electrons. The van der Waals surface area contributed by atoms with Crippen molar-refractivity contribution in [1.82, 2.24) is 0 Å². The Bertz CT molecular complexity index is 2020. The summed E-state index contributed by atoms with van der Waals surface area (Å²) in [6.07, 6.45) is 1.69. The predicted octanol–water partition coefficient (Wildman–Crippen LogP) is 10.3. The molecule has 0 atom stereocenters. The number of hydrogen-bond donors (Lipinski definition) is 0. The fourth-order valence-corrected chi connectivity index (χ4v) is 7.29. The van der Waals surface area contributed by atoms with Crippen molar-refractivity contribution in [3.8, 4) is 22.6 Å². The number of benzene rings is 5. The summed E-state index contributed by atoms with van der Waals surface area (Å²) in [5, 5.41) is 23.3. The van der Waals surface area contributed by atoms with Gasteiger partial charge in [0.2, 0.25) is 0 Å². The molecule has 0 radical (unpaired) electrons. The molecule has 0 bridgehead atoms. The Morgan fingerprint density at radius 3 is 1.78 bits per heavy atom. The van der Waals surface area contributed by atoms with Gasteiger partial charge >= 0.3 is 0 Å². The minimum Gasteiger partial charge on any atom is -0.310 e. The lowest BCUT2D eigenvalue weighted by atomic mass is 9.82. The van der Waals surface area contributed by atoms with Gasteiger partial charge in [-0.2, -0.15) is 10.5 Å². The van der Waals surface area contributed by atoms with Gasteiger partial charge in [0.05, 0.1) is 0 Å². The van der Waals surface area contributed by atoms with Crippen molar-refractivity contribution in [3.05, 3.63) is 131 Å². The molecule has 1 aliphatic rings. The Labute approximate surface area is 243 Å². The lowest BCUT2D eigenvalue weighted by Gasteiger charge is -2.28. The van der Waals surface area contributed by atoms with Gasteiger partial charge < -0.3 is 4.90 Å². The number of nitriles is 2. The van der Waals surface area contributed by atoms with E-state index in [9.17, 15) is 10.5 Å². The molecule has 0 N–H and O–H groups in total. The third kappa shape index (κ3) is 4.09. The Kier molecular flexibility index (Phi) is 5.75. The third-order valence-electron chi connectivity index (χ3n) is 8.11. The van der Waals surface area contributed by atoms with E-state index in [1.54, 1.807) is 17.4 Å². The monoisotopic (exact) mass is 543 g/mol. The third-order valence-corrected chi connectivity index (χ3v) is 9.23. The molecular formula is C37H25N3S. The Hall–Kier alpha value is -5.16. The van der Waals surface area contributed by atoms with Gasteiger partial charge in [-0.15, -0.1) is 11.3 Å². The number of anilines is 3. The Balaban J connectivity index is 1.39. The van der Waals surface area contributed by atoms with Gasteiger partial charge in [0.15, 0.2) is 0 Å². The molecule has 0 fully saturated rings. The van der Waals surface area contributed by atoms with E-state index in [2.05, 4.69) is 128 Å². The second-order valence-corrected chi connectivity index (χ2v) is 12.0. The van der Waals surface area contributed by atoms with Gasteiger partial charge in [-0.25, -0.2) is 0 Å². The fraction of sp³-hybridized carbons (Fsp3) is 0.0811. The maximum atomic E-state index is 9.24. The molecule has 5 aromatic carbocycles. The highest BCUT2D eigenvalue weighted by Gasteiger charge is 2.38. The molecule has 6 aromatic rings. The molecule has 4 heteroatoms. The molecule has 0 saturated heterocycles. The first kappa shape index (κ1) is 24.9. The van der Waals surface area contributed by atoms with E-state index < -0.39 is 0 Å². The van der Waals surface area contributed by atoms with Crippen molar-refractivity contribution in [1.29, 1.82) is 10.5 Å². The van der Waals surface area contributed by atoms with Crippen LogP contribution in [0.3, 0.4) is 0 Å². The average molecular weight is 544 g/mol. The van der Waals surface area contributed by atoms with E-state index in [0.717, 1.165) is 21.9 Å². The summed E-state index contributed by atoms with van der Waals surface area (Å²) in [7, 11) is 0. The first-order valence-corrected chi connectivity index (χ1v) is 14.4. The van der Waals surface area contributed by atoms with E-state index in [1.165, 1.54) is 43.1 Å². The predicted molar refractivity (Wildman–Crippen MR) is 171 cm³/mol. The molecule has 0 amide bonds. The molecular weight excluding hydrogens is 518 g/mol. The highest BCUT2D eigenvalue weighted by Crippen LogP contribution is 2.54. The summed E-state index contributed by atoms with van der Waals surface area (Å²) >= 11 is 1.64.